The summed E-state index contributed by atoms with van der Waals surface area (Å²) in [6, 6.07) is 4.22. The monoisotopic (exact) mass is 317 g/mol. The smallest absolute Gasteiger partial charge is 0.328 e. The van der Waals surface area contributed by atoms with Crippen LogP contribution in [-0.4, -0.2) is 24.4 Å². The van der Waals surface area contributed by atoms with E-state index in [1.807, 2.05) is 0 Å². The molecular formula is C16H12FNO5. The molecule has 0 aromatic heterocycles. The fourth-order valence-electron chi connectivity index (χ4n) is 2.46. The fourth-order valence-corrected chi connectivity index (χ4v) is 2.46. The number of ether oxygens (including phenoxy) is 1. The van der Waals surface area contributed by atoms with Crippen molar-refractivity contribution in [2.75, 3.05) is 11.9 Å². The molecule has 1 saturated heterocycles. The van der Waals surface area contributed by atoms with E-state index in [-0.39, 0.29) is 29.8 Å². The highest BCUT2D eigenvalue weighted by atomic mass is 19.1. The number of Topliss-reactive ketones (excluding diaryl/α,β-unsaturated/α-hetero) is 1. The molecule has 23 heavy (non-hydrogen) atoms. The first-order chi connectivity index (χ1) is 11.0. The Morgan fingerprint density at radius 2 is 1.87 bits per heavy atom. The van der Waals surface area contributed by atoms with Gasteiger partial charge in [-0.05, 0) is 24.3 Å². The third-order valence-electron chi connectivity index (χ3n) is 3.77. The average Bonchev–Trinajstić information content (AvgIpc) is 2.96. The summed E-state index contributed by atoms with van der Waals surface area (Å²) in [5, 5.41) is 2.68. The molecule has 0 bridgehead atoms. The number of hydrogen-bond acceptors (Lipinski definition) is 6. The maximum absolute atomic E-state index is 12.9. The van der Waals surface area contributed by atoms with Crippen LogP contribution in [0.25, 0.3) is 0 Å². The molecule has 0 spiro atoms. The molecule has 0 radical (unpaired) electrons. The van der Waals surface area contributed by atoms with Gasteiger partial charge in [0.1, 0.15) is 11.9 Å². The van der Waals surface area contributed by atoms with Gasteiger partial charge in [0.25, 0.3) is 0 Å². The highest BCUT2D eigenvalue weighted by Crippen LogP contribution is 2.17. The molecule has 0 amide bonds. The van der Waals surface area contributed by atoms with E-state index in [4.69, 9.17) is 4.74 Å². The standard InChI is InChI=1S/C16H12FNO5/c17-9-3-1-8(2-4-9)12(19)7-10-13(15(21)14(10)20)18-11-5-6-23-16(11)22/h1-4,11,18H,5-7H2. The van der Waals surface area contributed by atoms with Crippen LogP contribution in [0.15, 0.2) is 33.9 Å². The summed E-state index contributed by atoms with van der Waals surface area (Å²) in [5.41, 5.74) is -1.20. The number of halogens is 1. The predicted octanol–water partition coefficient (Wildman–Crippen LogP) is 0.574. The molecule has 1 heterocycles. The summed E-state index contributed by atoms with van der Waals surface area (Å²) < 4.78 is 17.6. The van der Waals surface area contributed by atoms with E-state index in [0.29, 0.717) is 6.42 Å². The first-order valence-corrected chi connectivity index (χ1v) is 7.01. The SMILES string of the molecule is O=C(Cc1c(NC2CCOC2=O)c(=O)c1=O)c1ccc(F)cc1. The summed E-state index contributed by atoms with van der Waals surface area (Å²) in [6.45, 7) is 0.246. The molecule has 0 aliphatic carbocycles. The molecule has 7 heteroatoms. The highest BCUT2D eigenvalue weighted by molar-refractivity contribution is 5.98. The molecule has 1 atom stereocenters. The Kier molecular flexibility index (Phi) is 3.77. The van der Waals surface area contributed by atoms with E-state index in [1.165, 1.54) is 12.1 Å². The Morgan fingerprint density at radius 1 is 1.17 bits per heavy atom. The second-order valence-corrected chi connectivity index (χ2v) is 5.27. The number of carbonyl (C=O) groups excluding carboxylic acids is 2. The van der Waals surface area contributed by atoms with E-state index >= 15 is 0 Å². The predicted molar refractivity (Wildman–Crippen MR) is 78.8 cm³/mol. The Morgan fingerprint density at radius 3 is 2.48 bits per heavy atom. The number of nitrogens with one attached hydrogen (secondary N) is 1. The zero-order valence-corrected chi connectivity index (χ0v) is 11.9. The number of anilines is 1. The number of ketones is 1. The molecule has 2 aromatic carbocycles. The summed E-state index contributed by atoms with van der Waals surface area (Å²) >= 11 is 0. The van der Waals surface area contributed by atoms with Crippen molar-refractivity contribution in [2.45, 2.75) is 18.9 Å². The number of hydrogen-bond donors (Lipinski definition) is 1. The van der Waals surface area contributed by atoms with Gasteiger partial charge in [-0.3, -0.25) is 14.4 Å². The zero-order valence-electron chi connectivity index (χ0n) is 11.9. The molecule has 1 unspecified atom stereocenters. The summed E-state index contributed by atoms with van der Waals surface area (Å²) in [7, 11) is 0. The molecule has 118 valence electrons. The Labute approximate surface area is 129 Å². The molecule has 1 N–H and O–H groups in total. The summed E-state index contributed by atoms with van der Waals surface area (Å²) in [4.78, 5) is 46.9. The van der Waals surface area contributed by atoms with Gasteiger partial charge in [0.15, 0.2) is 5.78 Å². The minimum Gasteiger partial charge on any atom is -0.464 e. The lowest BCUT2D eigenvalue weighted by atomic mass is 9.97. The van der Waals surface area contributed by atoms with Crippen LogP contribution in [0.2, 0.25) is 0 Å². The Bertz CT molecular complexity index is 848. The molecule has 1 aliphatic rings. The van der Waals surface area contributed by atoms with Crippen LogP contribution in [0.5, 0.6) is 0 Å². The summed E-state index contributed by atoms with van der Waals surface area (Å²) in [6.07, 6.45) is 0.114. The number of benzene rings is 1. The lowest BCUT2D eigenvalue weighted by Gasteiger charge is -2.15. The van der Waals surface area contributed by atoms with Crippen LogP contribution in [-0.2, 0) is 16.0 Å². The van der Waals surface area contributed by atoms with Crippen molar-refractivity contribution >= 4 is 17.4 Å². The third-order valence-corrected chi connectivity index (χ3v) is 3.77. The van der Waals surface area contributed by atoms with Gasteiger partial charge in [0.2, 0.25) is 10.9 Å². The van der Waals surface area contributed by atoms with Gasteiger partial charge in [-0.25, -0.2) is 9.18 Å². The van der Waals surface area contributed by atoms with E-state index in [1.54, 1.807) is 0 Å². The second kappa shape index (κ2) is 5.75. The van der Waals surface area contributed by atoms with Crippen molar-refractivity contribution in [3.05, 3.63) is 61.7 Å². The van der Waals surface area contributed by atoms with Gasteiger partial charge in [0, 0.05) is 24.0 Å². The summed E-state index contributed by atoms with van der Waals surface area (Å²) in [5.74, 6) is -1.37. The quantitative estimate of drug-likeness (QED) is 0.493. The van der Waals surface area contributed by atoms with Crippen LogP contribution in [0.1, 0.15) is 22.3 Å². The topological polar surface area (TPSA) is 89.5 Å². The Balaban J connectivity index is 1.78. The normalized spacial score (nSPS) is 17.3. The van der Waals surface area contributed by atoms with Gasteiger partial charge in [-0.2, -0.15) is 0 Å². The van der Waals surface area contributed by atoms with Crippen molar-refractivity contribution in [1.82, 2.24) is 0 Å². The molecule has 0 saturated carbocycles. The van der Waals surface area contributed by atoms with Gasteiger partial charge in [-0.15, -0.1) is 0 Å². The van der Waals surface area contributed by atoms with Crippen molar-refractivity contribution in [2.24, 2.45) is 0 Å². The van der Waals surface area contributed by atoms with Gasteiger partial charge in [-0.1, -0.05) is 0 Å². The largest absolute Gasteiger partial charge is 0.464 e. The maximum atomic E-state index is 12.9. The van der Waals surface area contributed by atoms with E-state index in [2.05, 4.69) is 5.32 Å². The van der Waals surface area contributed by atoms with Crippen LogP contribution in [0, 0.1) is 5.82 Å². The van der Waals surface area contributed by atoms with Gasteiger partial charge < -0.3 is 10.1 Å². The maximum Gasteiger partial charge on any atom is 0.328 e. The van der Waals surface area contributed by atoms with E-state index in [0.717, 1.165) is 12.1 Å². The molecule has 1 aliphatic heterocycles. The number of cyclic esters (lactones) is 1. The first kappa shape index (κ1) is 15.1. The van der Waals surface area contributed by atoms with Crippen LogP contribution < -0.4 is 16.2 Å². The van der Waals surface area contributed by atoms with Gasteiger partial charge >= 0.3 is 5.97 Å². The van der Waals surface area contributed by atoms with E-state index < -0.39 is 34.5 Å². The van der Waals surface area contributed by atoms with Gasteiger partial charge in [0.05, 0.1) is 12.3 Å². The molecule has 1 fully saturated rings. The van der Waals surface area contributed by atoms with E-state index in [9.17, 15) is 23.6 Å². The zero-order chi connectivity index (χ0) is 16.6. The Hall–Kier alpha value is -2.83. The number of esters is 1. The highest BCUT2D eigenvalue weighted by Gasteiger charge is 2.31. The van der Waals surface area contributed by atoms with Crippen LogP contribution in [0.4, 0.5) is 10.1 Å². The molecule has 3 rings (SSSR count). The van der Waals surface area contributed by atoms with Crippen molar-refractivity contribution in [3.63, 3.8) is 0 Å². The fraction of sp³-hybridized carbons (Fsp3) is 0.250. The second-order valence-electron chi connectivity index (χ2n) is 5.27. The molecule has 2 aromatic rings. The molecular weight excluding hydrogens is 305 g/mol. The lowest BCUT2D eigenvalue weighted by molar-refractivity contribution is -0.138. The van der Waals surface area contributed by atoms with Crippen LogP contribution in [0.3, 0.4) is 0 Å². The van der Waals surface area contributed by atoms with Crippen LogP contribution >= 0.6 is 0 Å². The number of carbonyl (C=O) groups is 2. The minimum atomic E-state index is -0.744. The van der Waals surface area contributed by atoms with Crippen molar-refractivity contribution in [1.29, 1.82) is 0 Å². The third kappa shape index (κ3) is 2.77. The average molecular weight is 317 g/mol. The molecule has 6 nitrogen and oxygen atoms in total. The minimum absolute atomic E-state index is 0.00527. The first-order valence-electron chi connectivity index (χ1n) is 7.01. The lowest BCUT2D eigenvalue weighted by Crippen LogP contribution is -2.42. The van der Waals surface area contributed by atoms with Crippen molar-refractivity contribution in [3.8, 4) is 0 Å². The van der Waals surface area contributed by atoms with Crippen molar-refractivity contribution < 1.29 is 18.7 Å². The number of rotatable bonds is 5.